The molecule has 4 heterocycles. The summed E-state index contributed by atoms with van der Waals surface area (Å²) in [6.07, 6.45) is -4.93. The van der Waals surface area contributed by atoms with Gasteiger partial charge in [-0.2, -0.15) is 0 Å². The summed E-state index contributed by atoms with van der Waals surface area (Å²) in [6, 6.07) is -28.6. The van der Waals surface area contributed by atoms with Gasteiger partial charge >= 0.3 is 60.3 Å². The van der Waals surface area contributed by atoms with Crippen LogP contribution in [-0.2, 0) is 47.8 Å². The largest absolute Gasteiger partial charge is 0.646 e. The number of nitrogens with zero attached hydrogens (tertiary/aromatic N) is 2. The standard InChI is InChI=1S/C10F8N2O10/c11-5(12)1(21)25-10-26-2(22)6(13,14)19(5)9(29-19)20(30-9,7(15,16)3(23)27-10)8(17,18)4(24)28-10/q+2. The van der Waals surface area contributed by atoms with Gasteiger partial charge in [0.15, 0.2) is 0 Å². The fourth-order valence-corrected chi connectivity index (χ4v) is 3.28. The molecule has 4 spiro atoms. The van der Waals surface area contributed by atoms with Gasteiger partial charge in [-0.3, -0.25) is 0 Å². The zero-order chi connectivity index (χ0) is 22.6. The number of carbonyl (C=O) groups is 4. The van der Waals surface area contributed by atoms with Gasteiger partial charge in [-0.25, -0.2) is 19.2 Å². The fourth-order valence-electron chi connectivity index (χ4n) is 3.28. The number of esters is 4. The summed E-state index contributed by atoms with van der Waals surface area (Å²) < 4.78 is 122. The zero-order valence-corrected chi connectivity index (χ0v) is 13.0. The Morgan fingerprint density at radius 1 is 0.500 bits per heavy atom. The van der Waals surface area contributed by atoms with E-state index >= 15 is 0 Å². The first-order valence-electron chi connectivity index (χ1n) is 7.08. The number of rotatable bonds is 0. The van der Waals surface area contributed by atoms with Gasteiger partial charge in [-0.1, -0.05) is 0 Å². The molecule has 4 aliphatic rings. The number of quaternary nitrogens is 2. The lowest BCUT2D eigenvalue weighted by Crippen LogP contribution is -2.77. The van der Waals surface area contributed by atoms with E-state index < -0.39 is 69.5 Å². The van der Waals surface area contributed by atoms with Gasteiger partial charge in [0.25, 0.3) is 0 Å². The molecule has 0 aromatic rings. The Hall–Kier alpha value is -2.84. The minimum atomic E-state index is -5.96. The van der Waals surface area contributed by atoms with Crippen LogP contribution in [0.3, 0.4) is 0 Å². The highest BCUT2D eigenvalue weighted by atomic mass is 19.3. The fraction of sp³-hybridized carbons (Fsp3) is 0.600. The molecule has 164 valence electrons. The van der Waals surface area contributed by atoms with E-state index in [9.17, 15) is 54.3 Å². The Labute approximate surface area is 153 Å². The molecule has 30 heavy (non-hydrogen) atoms. The van der Waals surface area contributed by atoms with Crippen molar-refractivity contribution < 1.29 is 92.2 Å². The van der Waals surface area contributed by atoms with Crippen LogP contribution in [0.5, 0.6) is 0 Å². The van der Waals surface area contributed by atoms with Gasteiger partial charge in [0.05, 0.1) is 9.29 Å². The number of hydrogen-bond donors (Lipinski definition) is 0. The third-order valence-electron chi connectivity index (χ3n) is 4.68. The van der Waals surface area contributed by atoms with Crippen LogP contribution in [0.4, 0.5) is 35.1 Å². The molecule has 4 fully saturated rings. The maximum absolute atomic E-state index is 14.6. The number of carbonyl (C=O) groups excluding carboxylic acids is 4. The topological polar surface area (TPSA) is 130 Å². The van der Waals surface area contributed by atoms with Crippen LogP contribution in [0.15, 0.2) is 0 Å². The highest BCUT2D eigenvalue weighted by molar-refractivity contribution is 5.85. The van der Waals surface area contributed by atoms with Crippen molar-refractivity contribution in [3.8, 4) is 0 Å². The second-order valence-electron chi connectivity index (χ2n) is 6.17. The van der Waals surface area contributed by atoms with Crippen molar-refractivity contribution in [1.82, 2.24) is 0 Å². The van der Waals surface area contributed by atoms with E-state index in [1.54, 1.807) is 0 Å². The highest BCUT2D eigenvalue weighted by Gasteiger charge is 3.28. The lowest BCUT2D eigenvalue weighted by molar-refractivity contribution is -1.12. The van der Waals surface area contributed by atoms with E-state index in [1.807, 2.05) is 0 Å². The van der Waals surface area contributed by atoms with Gasteiger partial charge in [0, 0.05) is 0 Å². The Balaban J connectivity index is 1.95. The van der Waals surface area contributed by atoms with Crippen molar-refractivity contribution in [2.45, 2.75) is 36.4 Å². The smallest absolute Gasteiger partial charge is 0.342 e. The molecular formula is C10F8N2O10+2. The molecule has 20 heteroatoms. The van der Waals surface area contributed by atoms with Crippen LogP contribution >= 0.6 is 0 Å². The summed E-state index contributed by atoms with van der Waals surface area (Å²) in [5.74, 6) is -13.1. The van der Waals surface area contributed by atoms with E-state index in [2.05, 4.69) is 28.6 Å². The molecule has 0 radical (unpaired) electrons. The normalized spacial score (nSPS) is 48.0. The van der Waals surface area contributed by atoms with Crippen LogP contribution < -0.4 is 0 Å². The second kappa shape index (κ2) is 4.15. The summed E-state index contributed by atoms with van der Waals surface area (Å²) in [5.41, 5.74) is 0. The van der Waals surface area contributed by atoms with Gasteiger partial charge in [0.1, 0.15) is 0 Å². The number of hydroxylamine groups is 6. The number of hydrogen-bond acceptors (Lipinski definition) is 10. The summed E-state index contributed by atoms with van der Waals surface area (Å²) in [4.78, 5) is 54.5. The molecule has 0 unspecified atom stereocenters. The van der Waals surface area contributed by atoms with Crippen LogP contribution in [-0.4, -0.2) is 69.5 Å². The molecule has 0 atom stereocenters. The molecule has 0 N–H and O–H groups in total. The maximum Gasteiger partial charge on any atom is 0.646 e. The van der Waals surface area contributed by atoms with Gasteiger partial charge < -0.3 is 18.9 Å². The van der Waals surface area contributed by atoms with Crippen molar-refractivity contribution in [3.05, 3.63) is 0 Å². The number of fused-ring (bicyclic) bond motifs is 2. The van der Waals surface area contributed by atoms with E-state index in [1.165, 1.54) is 0 Å². The predicted molar refractivity (Wildman–Crippen MR) is 52.3 cm³/mol. The quantitative estimate of drug-likeness (QED) is 0.151. The van der Waals surface area contributed by atoms with Gasteiger partial charge in [-0.15, -0.1) is 35.1 Å². The first-order chi connectivity index (χ1) is 13.4. The average molecular weight is 460 g/mol. The van der Waals surface area contributed by atoms with Gasteiger partial charge in [-0.05, 0) is 9.68 Å². The molecule has 4 rings (SSSR count). The Morgan fingerprint density at radius 2 is 0.733 bits per heavy atom. The molecule has 0 aliphatic carbocycles. The molecule has 0 bridgehead atoms. The number of alkyl halides is 8. The van der Waals surface area contributed by atoms with E-state index in [4.69, 9.17) is 0 Å². The minimum Gasteiger partial charge on any atom is -0.342 e. The Morgan fingerprint density at radius 3 is 0.967 bits per heavy atom. The van der Waals surface area contributed by atoms with Crippen molar-refractivity contribution >= 4 is 23.9 Å². The van der Waals surface area contributed by atoms with Crippen molar-refractivity contribution in [1.29, 1.82) is 0 Å². The number of halogens is 8. The van der Waals surface area contributed by atoms with E-state index in [0.29, 0.717) is 0 Å². The Bertz CT molecular complexity index is 854. The SMILES string of the molecule is O=C1OC23OC(=O)C(F)(F)[N+]4(OC45O[N+]5(C(F)(F)C(=O)O2)C(F)(F)C(=O)O3)C1(F)F. The molecule has 4 saturated heterocycles. The molecule has 0 saturated carbocycles. The number of ether oxygens (including phenoxy) is 4. The molecule has 0 aromatic heterocycles. The average Bonchev–Trinajstić information content (AvgIpc) is 3.47. The molecular weight excluding hydrogens is 460 g/mol. The van der Waals surface area contributed by atoms with Crippen molar-refractivity contribution in [2.75, 3.05) is 0 Å². The lowest BCUT2D eigenvalue weighted by Gasteiger charge is -2.37. The van der Waals surface area contributed by atoms with E-state index in [-0.39, 0.29) is 0 Å². The zero-order valence-electron chi connectivity index (χ0n) is 13.0. The molecule has 0 amide bonds. The first kappa shape index (κ1) is 19.1. The monoisotopic (exact) mass is 460 g/mol. The molecule has 0 aromatic carbocycles. The van der Waals surface area contributed by atoms with Crippen LogP contribution in [0.2, 0.25) is 0 Å². The van der Waals surface area contributed by atoms with Crippen molar-refractivity contribution in [3.63, 3.8) is 0 Å². The summed E-state index contributed by atoms with van der Waals surface area (Å²) in [5, 5.41) is 0. The summed E-state index contributed by atoms with van der Waals surface area (Å²) >= 11 is 0. The van der Waals surface area contributed by atoms with Crippen LogP contribution in [0, 0.1) is 0 Å². The van der Waals surface area contributed by atoms with Gasteiger partial charge in [0.2, 0.25) is 0 Å². The predicted octanol–water partition coefficient (Wildman–Crippen LogP) is -0.682. The van der Waals surface area contributed by atoms with Crippen LogP contribution in [0.1, 0.15) is 0 Å². The third kappa shape index (κ3) is 1.38. The minimum absolute atomic E-state index is 3.28. The maximum atomic E-state index is 14.6. The Kier molecular flexibility index (Phi) is 2.65. The first-order valence-corrected chi connectivity index (χ1v) is 7.08. The second-order valence-corrected chi connectivity index (χ2v) is 6.17. The lowest BCUT2D eigenvalue weighted by atomic mass is 10.3. The highest BCUT2D eigenvalue weighted by Crippen LogP contribution is 2.80. The molecule has 4 aliphatic heterocycles. The van der Waals surface area contributed by atoms with E-state index in [0.717, 1.165) is 0 Å². The van der Waals surface area contributed by atoms with Crippen LogP contribution in [0.25, 0.3) is 0 Å². The third-order valence-corrected chi connectivity index (χ3v) is 4.68. The molecule has 12 nitrogen and oxygen atoms in total. The summed E-state index contributed by atoms with van der Waals surface area (Å²) in [6.45, 7) is 0. The summed E-state index contributed by atoms with van der Waals surface area (Å²) in [7, 11) is 0. The van der Waals surface area contributed by atoms with Crippen molar-refractivity contribution in [2.24, 2.45) is 0 Å².